The molecule has 4 rings (SSSR count). The SMILES string of the molecule is Cc1cc(Nc2cc3c(cn2)c(=O)[nH]n3-c2cccc(CN(C)C)c2)nc(C)n1. The van der Waals surface area contributed by atoms with E-state index in [1.807, 2.05) is 52.2 Å². The number of benzene rings is 1. The standard InChI is InChI=1S/C21H23N7O/c1-13-8-20(24-14(2)23-13)25-19-10-18-17(11-22-19)21(29)26-28(18)16-7-5-6-15(9-16)12-27(3)4/h5-11H,12H2,1-4H3,(H,26,29)(H,22,23,24,25). The van der Waals surface area contributed by atoms with Crippen molar-refractivity contribution >= 4 is 22.5 Å². The number of anilines is 2. The van der Waals surface area contributed by atoms with Crippen LogP contribution in [-0.4, -0.2) is 43.7 Å². The molecule has 0 fully saturated rings. The van der Waals surface area contributed by atoms with Crippen LogP contribution >= 0.6 is 0 Å². The first-order valence-corrected chi connectivity index (χ1v) is 9.33. The predicted molar refractivity (Wildman–Crippen MR) is 114 cm³/mol. The van der Waals surface area contributed by atoms with Crippen LogP contribution in [0.1, 0.15) is 17.1 Å². The lowest BCUT2D eigenvalue weighted by Gasteiger charge is -2.12. The van der Waals surface area contributed by atoms with Gasteiger partial charge in [0.15, 0.2) is 0 Å². The molecule has 0 bridgehead atoms. The van der Waals surface area contributed by atoms with Crippen molar-refractivity contribution in [2.45, 2.75) is 20.4 Å². The van der Waals surface area contributed by atoms with Gasteiger partial charge < -0.3 is 10.2 Å². The third kappa shape index (κ3) is 4.02. The fourth-order valence-electron chi connectivity index (χ4n) is 3.37. The second-order valence-electron chi connectivity index (χ2n) is 7.34. The summed E-state index contributed by atoms with van der Waals surface area (Å²) in [5.41, 5.74) is 3.50. The third-order valence-corrected chi connectivity index (χ3v) is 4.47. The Morgan fingerprint density at radius 1 is 1.10 bits per heavy atom. The van der Waals surface area contributed by atoms with Crippen molar-refractivity contribution in [1.29, 1.82) is 0 Å². The number of fused-ring (bicyclic) bond motifs is 1. The van der Waals surface area contributed by atoms with Crippen molar-refractivity contribution in [2.24, 2.45) is 0 Å². The lowest BCUT2D eigenvalue weighted by Crippen LogP contribution is -2.11. The number of pyridine rings is 1. The molecule has 0 aliphatic carbocycles. The van der Waals surface area contributed by atoms with Crippen LogP contribution in [0.3, 0.4) is 0 Å². The van der Waals surface area contributed by atoms with Crippen LogP contribution in [0.25, 0.3) is 16.6 Å². The summed E-state index contributed by atoms with van der Waals surface area (Å²) in [4.78, 5) is 27.6. The highest BCUT2D eigenvalue weighted by molar-refractivity contribution is 5.82. The van der Waals surface area contributed by atoms with Gasteiger partial charge in [0, 0.05) is 30.6 Å². The van der Waals surface area contributed by atoms with Gasteiger partial charge in [0.1, 0.15) is 17.5 Å². The highest BCUT2D eigenvalue weighted by Gasteiger charge is 2.11. The van der Waals surface area contributed by atoms with Crippen LogP contribution in [0.2, 0.25) is 0 Å². The summed E-state index contributed by atoms with van der Waals surface area (Å²) in [5, 5.41) is 6.65. The molecule has 0 saturated carbocycles. The van der Waals surface area contributed by atoms with Crippen molar-refractivity contribution in [3.63, 3.8) is 0 Å². The normalized spacial score (nSPS) is 11.3. The van der Waals surface area contributed by atoms with Gasteiger partial charge in [-0.2, -0.15) is 0 Å². The van der Waals surface area contributed by atoms with E-state index in [4.69, 9.17) is 0 Å². The molecule has 1 aromatic carbocycles. The van der Waals surface area contributed by atoms with Crippen LogP contribution < -0.4 is 10.9 Å². The van der Waals surface area contributed by atoms with Crippen LogP contribution in [0.15, 0.2) is 47.4 Å². The maximum absolute atomic E-state index is 12.4. The maximum atomic E-state index is 12.4. The van der Waals surface area contributed by atoms with E-state index >= 15 is 0 Å². The van der Waals surface area contributed by atoms with Gasteiger partial charge in [-0.15, -0.1) is 0 Å². The Morgan fingerprint density at radius 3 is 2.69 bits per heavy atom. The fraction of sp³-hybridized carbons (Fsp3) is 0.238. The van der Waals surface area contributed by atoms with Gasteiger partial charge in [0.25, 0.3) is 5.56 Å². The van der Waals surface area contributed by atoms with Gasteiger partial charge in [0.05, 0.1) is 16.6 Å². The average molecular weight is 389 g/mol. The Labute approximate surface area is 168 Å². The molecule has 0 saturated heterocycles. The summed E-state index contributed by atoms with van der Waals surface area (Å²) in [6.45, 7) is 4.58. The van der Waals surface area contributed by atoms with Crippen molar-refractivity contribution < 1.29 is 0 Å². The zero-order chi connectivity index (χ0) is 20.5. The van der Waals surface area contributed by atoms with Gasteiger partial charge >= 0.3 is 0 Å². The highest BCUT2D eigenvalue weighted by atomic mass is 16.1. The number of hydrogen-bond acceptors (Lipinski definition) is 6. The van der Waals surface area contributed by atoms with E-state index in [9.17, 15) is 4.79 Å². The predicted octanol–water partition coefficient (Wildman–Crippen LogP) is 2.93. The molecule has 0 amide bonds. The van der Waals surface area contributed by atoms with E-state index in [-0.39, 0.29) is 5.56 Å². The summed E-state index contributed by atoms with van der Waals surface area (Å²) < 4.78 is 1.79. The summed E-state index contributed by atoms with van der Waals surface area (Å²) in [7, 11) is 4.06. The molecule has 3 aromatic heterocycles. The zero-order valence-corrected chi connectivity index (χ0v) is 16.9. The number of rotatable bonds is 5. The monoisotopic (exact) mass is 389 g/mol. The topological polar surface area (TPSA) is 91.7 Å². The quantitative estimate of drug-likeness (QED) is 0.545. The first-order valence-electron chi connectivity index (χ1n) is 9.33. The van der Waals surface area contributed by atoms with E-state index in [0.29, 0.717) is 22.8 Å². The molecule has 8 heteroatoms. The Hall–Kier alpha value is -3.52. The summed E-state index contributed by atoms with van der Waals surface area (Å²) in [6.07, 6.45) is 1.58. The van der Waals surface area contributed by atoms with E-state index in [2.05, 4.69) is 42.4 Å². The Balaban J connectivity index is 1.76. The third-order valence-electron chi connectivity index (χ3n) is 4.47. The summed E-state index contributed by atoms with van der Waals surface area (Å²) in [6, 6.07) is 11.8. The van der Waals surface area contributed by atoms with Gasteiger partial charge in [-0.3, -0.25) is 14.6 Å². The number of nitrogens with one attached hydrogen (secondary N) is 2. The Morgan fingerprint density at radius 2 is 1.93 bits per heavy atom. The molecule has 4 aromatic rings. The molecule has 29 heavy (non-hydrogen) atoms. The Bertz CT molecular complexity index is 1220. The van der Waals surface area contributed by atoms with Crippen LogP contribution in [0, 0.1) is 13.8 Å². The van der Waals surface area contributed by atoms with Crippen molar-refractivity contribution in [1.82, 2.24) is 29.6 Å². The smallest absolute Gasteiger partial charge is 0.273 e. The fourth-order valence-corrected chi connectivity index (χ4v) is 3.37. The number of hydrogen-bond donors (Lipinski definition) is 2. The minimum absolute atomic E-state index is 0.175. The summed E-state index contributed by atoms with van der Waals surface area (Å²) >= 11 is 0. The average Bonchev–Trinajstić information content (AvgIpc) is 2.97. The van der Waals surface area contributed by atoms with Crippen molar-refractivity contribution in [3.05, 3.63) is 70.0 Å². The van der Waals surface area contributed by atoms with Gasteiger partial charge in [-0.1, -0.05) is 12.1 Å². The molecule has 0 aliphatic rings. The first kappa shape index (κ1) is 18.8. The molecule has 0 atom stereocenters. The van der Waals surface area contributed by atoms with Crippen LogP contribution in [-0.2, 0) is 6.54 Å². The van der Waals surface area contributed by atoms with E-state index in [1.54, 1.807) is 10.9 Å². The van der Waals surface area contributed by atoms with Crippen LogP contribution in [0.4, 0.5) is 11.6 Å². The van der Waals surface area contributed by atoms with E-state index in [0.717, 1.165) is 29.0 Å². The molecule has 2 N–H and O–H groups in total. The van der Waals surface area contributed by atoms with Gasteiger partial charge in [-0.25, -0.2) is 15.0 Å². The zero-order valence-electron chi connectivity index (χ0n) is 16.9. The molecular formula is C21H23N7O. The molecule has 148 valence electrons. The number of aromatic amines is 1. The van der Waals surface area contributed by atoms with Crippen LogP contribution in [0.5, 0.6) is 0 Å². The number of aryl methyl sites for hydroxylation is 2. The number of aromatic nitrogens is 5. The minimum atomic E-state index is -0.175. The summed E-state index contributed by atoms with van der Waals surface area (Å²) in [5.74, 6) is 1.95. The maximum Gasteiger partial charge on any atom is 0.273 e. The number of nitrogens with zero attached hydrogens (tertiary/aromatic N) is 5. The number of H-pyrrole nitrogens is 1. The molecule has 0 unspecified atom stereocenters. The second kappa shape index (κ2) is 7.48. The lowest BCUT2D eigenvalue weighted by atomic mass is 10.2. The van der Waals surface area contributed by atoms with Crippen molar-refractivity contribution in [3.8, 4) is 5.69 Å². The molecule has 0 aliphatic heterocycles. The van der Waals surface area contributed by atoms with E-state index in [1.165, 1.54) is 0 Å². The van der Waals surface area contributed by atoms with Crippen molar-refractivity contribution in [2.75, 3.05) is 19.4 Å². The van der Waals surface area contributed by atoms with E-state index < -0.39 is 0 Å². The minimum Gasteiger partial charge on any atom is -0.325 e. The molecule has 0 spiro atoms. The lowest BCUT2D eigenvalue weighted by molar-refractivity contribution is 0.402. The molecule has 0 radical (unpaired) electrons. The van der Waals surface area contributed by atoms with Gasteiger partial charge in [-0.05, 0) is 45.6 Å². The van der Waals surface area contributed by atoms with Gasteiger partial charge in [0.2, 0.25) is 0 Å². The highest BCUT2D eigenvalue weighted by Crippen LogP contribution is 2.21. The second-order valence-corrected chi connectivity index (χ2v) is 7.34. The largest absolute Gasteiger partial charge is 0.325 e. The first-order chi connectivity index (χ1) is 13.9. The molecule has 8 nitrogen and oxygen atoms in total. The molecule has 3 heterocycles. The Kier molecular flexibility index (Phi) is 4.85. The molecular weight excluding hydrogens is 366 g/mol.